The van der Waals surface area contributed by atoms with Gasteiger partial charge in [0.1, 0.15) is 5.75 Å². The summed E-state index contributed by atoms with van der Waals surface area (Å²) < 4.78 is 7.30. The van der Waals surface area contributed by atoms with Gasteiger partial charge >= 0.3 is 0 Å². The maximum absolute atomic E-state index is 13.1. The number of aryl methyl sites for hydroxylation is 1. The highest BCUT2D eigenvalue weighted by Gasteiger charge is 2.26. The number of amides is 2. The maximum Gasteiger partial charge on any atom is 0.273 e. The molecule has 0 saturated heterocycles. The van der Waals surface area contributed by atoms with Gasteiger partial charge in [0.2, 0.25) is 5.91 Å². The van der Waals surface area contributed by atoms with Crippen LogP contribution in [0.2, 0.25) is 0 Å². The Balaban J connectivity index is 1.38. The number of aromatic nitrogens is 3. The number of methoxy groups -OCH3 is 1. The number of nitrogens with one attached hydrogen (secondary N) is 1. The molecule has 40 heavy (non-hydrogen) atoms. The minimum absolute atomic E-state index is 0.0143. The molecule has 11 nitrogen and oxygen atoms in total. The molecule has 1 N–H and O–H groups in total. The normalized spacial score (nSPS) is 12.2. The molecule has 204 valence electrons. The average Bonchev–Trinajstić information content (AvgIpc) is 3.59. The lowest BCUT2D eigenvalue weighted by atomic mass is 10.1. The lowest BCUT2D eigenvalue weighted by Crippen LogP contribution is -2.30. The van der Waals surface area contributed by atoms with Crippen LogP contribution in [-0.2, 0) is 17.8 Å². The minimum Gasteiger partial charge on any atom is -0.495 e. The zero-order chi connectivity index (χ0) is 28.2. The number of carbonyl (C=O) groups excluding carboxylic acids is 2. The van der Waals surface area contributed by atoms with E-state index in [-0.39, 0.29) is 29.5 Å². The molecular formula is C28H26N6O5S. The number of hydrogen-bond acceptors (Lipinski definition) is 8. The molecule has 0 atom stereocenters. The fourth-order valence-electron chi connectivity index (χ4n) is 4.57. The number of benzene rings is 3. The SMILES string of the molecule is COc1ccccc1-n1c(CNC(=O)c2ccc(C)c([N+](=O)[O-])c2)nnc1SCC(=O)N1CCc2ccccc21. The van der Waals surface area contributed by atoms with E-state index in [1.807, 2.05) is 42.5 Å². The summed E-state index contributed by atoms with van der Waals surface area (Å²) in [4.78, 5) is 38.6. The molecule has 0 bridgehead atoms. The van der Waals surface area contributed by atoms with Crippen LogP contribution in [0.15, 0.2) is 71.9 Å². The van der Waals surface area contributed by atoms with Gasteiger partial charge in [0.25, 0.3) is 11.6 Å². The van der Waals surface area contributed by atoms with E-state index in [0.29, 0.717) is 34.5 Å². The summed E-state index contributed by atoms with van der Waals surface area (Å²) >= 11 is 1.24. The first kappa shape index (κ1) is 26.9. The molecule has 0 aliphatic carbocycles. The molecule has 1 aromatic heterocycles. The largest absolute Gasteiger partial charge is 0.495 e. The second kappa shape index (κ2) is 11.6. The Bertz CT molecular complexity index is 1600. The van der Waals surface area contributed by atoms with E-state index in [0.717, 1.165) is 17.7 Å². The summed E-state index contributed by atoms with van der Waals surface area (Å²) in [6, 6.07) is 19.5. The Morgan fingerprint density at radius 1 is 1.07 bits per heavy atom. The third kappa shape index (κ3) is 5.38. The highest BCUT2D eigenvalue weighted by atomic mass is 32.2. The second-order valence-electron chi connectivity index (χ2n) is 9.06. The molecule has 1 aliphatic rings. The number of thioether (sulfide) groups is 1. The van der Waals surface area contributed by atoms with Crippen molar-refractivity contribution in [3.63, 3.8) is 0 Å². The summed E-state index contributed by atoms with van der Waals surface area (Å²) in [6.45, 7) is 2.23. The van der Waals surface area contributed by atoms with Gasteiger partial charge in [0, 0.05) is 29.4 Å². The van der Waals surface area contributed by atoms with Gasteiger partial charge in [-0.25, -0.2) is 0 Å². The standard InChI is InChI=1S/C28H26N6O5S/c1-18-11-12-20(15-23(18)34(37)38)27(36)29-16-25-30-31-28(33(25)22-9-5-6-10-24(22)39-2)40-17-26(35)32-14-13-19-7-3-4-8-21(19)32/h3-12,15H,13-14,16-17H2,1-2H3,(H,29,36). The molecule has 5 rings (SSSR count). The lowest BCUT2D eigenvalue weighted by molar-refractivity contribution is -0.385. The lowest BCUT2D eigenvalue weighted by Gasteiger charge is -2.17. The first-order chi connectivity index (χ1) is 19.4. The first-order valence-corrected chi connectivity index (χ1v) is 13.5. The maximum atomic E-state index is 13.1. The number of nitro benzene ring substituents is 1. The number of nitrogens with zero attached hydrogens (tertiary/aromatic N) is 5. The van der Waals surface area contributed by atoms with E-state index >= 15 is 0 Å². The minimum atomic E-state index is -0.518. The third-order valence-electron chi connectivity index (χ3n) is 6.61. The fourth-order valence-corrected chi connectivity index (χ4v) is 5.41. The first-order valence-electron chi connectivity index (χ1n) is 12.5. The molecule has 4 aromatic rings. The van der Waals surface area contributed by atoms with E-state index in [9.17, 15) is 19.7 Å². The predicted molar refractivity (Wildman–Crippen MR) is 150 cm³/mol. The Kier molecular flexibility index (Phi) is 7.78. The molecular weight excluding hydrogens is 532 g/mol. The zero-order valence-electron chi connectivity index (χ0n) is 21.9. The summed E-state index contributed by atoms with van der Waals surface area (Å²) in [6.07, 6.45) is 0.817. The predicted octanol–water partition coefficient (Wildman–Crippen LogP) is 4.10. The summed E-state index contributed by atoms with van der Waals surface area (Å²) in [7, 11) is 1.55. The molecule has 3 aromatic carbocycles. The van der Waals surface area contributed by atoms with Crippen LogP contribution in [0.4, 0.5) is 11.4 Å². The van der Waals surface area contributed by atoms with Crippen LogP contribution in [0, 0.1) is 17.0 Å². The van der Waals surface area contributed by atoms with Crippen molar-refractivity contribution in [2.45, 2.75) is 25.0 Å². The Labute approximate surface area is 234 Å². The molecule has 0 saturated carbocycles. The van der Waals surface area contributed by atoms with Gasteiger partial charge in [0.05, 0.1) is 30.0 Å². The van der Waals surface area contributed by atoms with Gasteiger partial charge in [-0.3, -0.25) is 24.3 Å². The number of para-hydroxylation sites is 3. The number of ether oxygens (including phenoxy) is 1. The van der Waals surface area contributed by atoms with Crippen LogP contribution in [-0.4, -0.2) is 50.9 Å². The fraction of sp³-hybridized carbons (Fsp3) is 0.214. The number of rotatable bonds is 9. The number of fused-ring (bicyclic) bond motifs is 1. The molecule has 0 fully saturated rings. The highest BCUT2D eigenvalue weighted by Crippen LogP contribution is 2.31. The Hall–Kier alpha value is -4.71. The average molecular weight is 559 g/mol. The quantitative estimate of drug-likeness (QED) is 0.184. The van der Waals surface area contributed by atoms with Crippen molar-refractivity contribution in [2.75, 3.05) is 24.3 Å². The zero-order valence-corrected chi connectivity index (χ0v) is 22.7. The van der Waals surface area contributed by atoms with Crippen molar-refractivity contribution < 1.29 is 19.2 Å². The molecule has 1 aliphatic heterocycles. The van der Waals surface area contributed by atoms with E-state index in [1.54, 1.807) is 29.6 Å². The summed E-state index contributed by atoms with van der Waals surface area (Å²) in [5.74, 6) is 0.572. The molecule has 0 unspecified atom stereocenters. The summed E-state index contributed by atoms with van der Waals surface area (Å²) in [5, 5.41) is 23.2. The van der Waals surface area contributed by atoms with Crippen molar-refractivity contribution in [2.24, 2.45) is 0 Å². The van der Waals surface area contributed by atoms with Gasteiger partial charge in [0.15, 0.2) is 11.0 Å². The van der Waals surface area contributed by atoms with Crippen LogP contribution in [0.3, 0.4) is 0 Å². The van der Waals surface area contributed by atoms with Crippen molar-refractivity contribution in [1.29, 1.82) is 0 Å². The van der Waals surface area contributed by atoms with Crippen LogP contribution >= 0.6 is 11.8 Å². The van der Waals surface area contributed by atoms with Crippen molar-refractivity contribution in [1.82, 2.24) is 20.1 Å². The molecule has 2 amide bonds. The van der Waals surface area contributed by atoms with Crippen molar-refractivity contribution in [3.05, 3.63) is 99.4 Å². The monoisotopic (exact) mass is 558 g/mol. The number of nitro groups is 1. The molecule has 0 radical (unpaired) electrons. The van der Waals surface area contributed by atoms with E-state index in [2.05, 4.69) is 15.5 Å². The molecule has 0 spiro atoms. The van der Waals surface area contributed by atoms with Crippen LogP contribution in [0.5, 0.6) is 5.75 Å². The van der Waals surface area contributed by atoms with Gasteiger partial charge < -0.3 is 15.0 Å². The number of anilines is 1. The molecule has 2 heterocycles. The van der Waals surface area contributed by atoms with Crippen LogP contribution in [0.1, 0.15) is 27.3 Å². The Morgan fingerprint density at radius 3 is 2.60 bits per heavy atom. The highest BCUT2D eigenvalue weighted by molar-refractivity contribution is 7.99. The number of carbonyl (C=O) groups is 2. The van der Waals surface area contributed by atoms with E-state index < -0.39 is 10.8 Å². The third-order valence-corrected chi connectivity index (χ3v) is 7.53. The number of hydrogen-bond donors (Lipinski definition) is 1. The smallest absolute Gasteiger partial charge is 0.273 e. The van der Waals surface area contributed by atoms with Gasteiger partial charge in [-0.1, -0.05) is 48.2 Å². The molecule has 12 heteroatoms. The summed E-state index contributed by atoms with van der Waals surface area (Å²) in [5.41, 5.74) is 3.22. The van der Waals surface area contributed by atoms with Crippen molar-refractivity contribution >= 4 is 35.0 Å². The van der Waals surface area contributed by atoms with E-state index in [4.69, 9.17) is 4.74 Å². The topological polar surface area (TPSA) is 132 Å². The van der Waals surface area contributed by atoms with Gasteiger partial charge in [-0.2, -0.15) is 0 Å². The van der Waals surface area contributed by atoms with Gasteiger partial charge in [-0.05, 0) is 43.2 Å². The van der Waals surface area contributed by atoms with E-state index in [1.165, 1.54) is 30.0 Å². The Morgan fingerprint density at radius 2 is 1.82 bits per heavy atom. The van der Waals surface area contributed by atoms with Crippen LogP contribution < -0.4 is 15.0 Å². The van der Waals surface area contributed by atoms with Crippen molar-refractivity contribution in [3.8, 4) is 11.4 Å². The second-order valence-corrected chi connectivity index (χ2v) is 10.0. The van der Waals surface area contributed by atoms with Gasteiger partial charge in [-0.15, -0.1) is 10.2 Å². The van der Waals surface area contributed by atoms with Crippen LogP contribution in [0.25, 0.3) is 5.69 Å².